The fraction of sp³-hybridized carbons (Fsp3) is 0.143. The van der Waals surface area contributed by atoms with Crippen LogP contribution in [0.5, 0.6) is 0 Å². The Morgan fingerprint density at radius 2 is 1.94 bits per heavy atom. The van der Waals surface area contributed by atoms with Crippen LogP contribution in [0.2, 0.25) is 5.02 Å². The molecule has 0 aliphatic rings. The first-order chi connectivity index (χ1) is 8.16. The fourth-order valence-electron chi connectivity index (χ4n) is 1.55. The molecule has 3 heteroatoms. The Morgan fingerprint density at radius 1 is 1.18 bits per heavy atom. The van der Waals surface area contributed by atoms with Crippen molar-refractivity contribution in [3.63, 3.8) is 0 Å². The van der Waals surface area contributed by atoms with E-state index in [2.05, 4.69) is 5.32 Å². The SMILES string of the molecule is Cc1ccc(CNc2ccccc2Cl)cc1F. The lowest BCUT2D eigenvalue weighted by atomic mass is 10.1. The number of anilines is 1. The first-order valence-corrected chi connectivity index (χ1v) is 5.78. The molecule has 0 radical (unpaired) electrons. The summed E-state index contributed by atoms with van der Waals surface area (Å²) < 4.78 is 13.3. The highest BCUT2D eigenvalue weighted by atomic mass is 35.5. The van der Waals surface area contributed by atoms with E-state index in [0.717, 1.165) is 11.3 Å². The van der Waals surface area contributed by atoms with Gasteiger partial charge in [-0.05, 0) is 36.2 Å². The van der Waals surface area contributed by atoms with Crippen LogP contribution < -0.4 is 5.32 Å². The second-order valence-corrected chi connectivity index (χ2v) is 4.32. The van der Waals surface area contributed by atoms with Gasteiger partial charge in [0.05, 0.1) is 10.7 Å². The lowest BCUT2D eigenvalue weighted by molar-refractivity contribution is 0.616. The van der Waals surface area contributed by atoms with Crippen LogP contribution in [0.15, 0.2) is 42.5 Å². The molecular weight excluding hydrogens is 237 g/mol. The zero-order chi connectivity index (χ0) is 12.3. The van der Waals surface area contributed by atoms with Crippen molar-refractivity contribution in [2.45, 2.75) is 13.5 Å². The summed E-state index contributed by atoms with van der Waals surface area (Å²) in [6.45, 7) is 2.31. The predicted molar refractivity (Wildman–Crippen MR) is 69.9 cm³/mol. The van der Waals surface area contributed by atoms with E-state index in [1.807, 2.05) is 30.3 Å². The average Bonchev–Trinajstić information content (AvgIpc) is 2.32. The number of nitrogens with one attached hydrogen (secondary N) is 1. The third kappa shape index (κ3) is 2.98. The molecule has 0 unspecified atom stereocenters. The number of halogens is 2. The van der Waals surface area contributed by atoms with Gasteiger partial charge in [0.25, 0.3) is 0 Å². The standard InChI is InChI=1S/C14H13ClFN/c1-10-6-7-11(8-13(10)16)9-17-14-5-3-2-4-12(14)15/h2-8,17H,9H2,1H3. The number of rotatable bonds is 3. The molecule has 17 heavy (non-hydrogen) atoms. The predicted octanol–water partition coefficient (Wildman–Crippen LogP) is 4.40. The van der Waals surface area contributed by atoms with E-state index in [9.17, 15) is 4.39 Å². The lowest BCUT2D eigenvalue weighted by Gasteiger charge is -2.08. The van der Waals surface area contributed by atoms with E-state index in [1.165, 1.54) is 0 Å². The lowest BCUT2D eigenvalue weighted by Crippen LogP contribution is -2.00. The molecule has 0 aliphatic carbocycles. The van der Waals surface area contributed by atoms with Gasteiger partial charge >= 0.3 is 0 Å². The van der Waals surface area contributed by atoms with Gasteiger partial charge in [-0.25, -0.2) is 4.39 Å². The van der Waals surface area contributed by atoms with Crippen molar-refractivity contribution in [3.8, 4) is 0 Å². The topological polar surface area (TPSA) is 12.0 Å². The van der Waals surface area contributed by atoms with Crippen LogP contribution in [-0.2, 0) is 6.54 Å². The van der Waals surface area contributed by atoms with Crippen molar-refractivity contribution in [1.82, 2.24) is 0 Å². The summed E-state index contributed by atoms with van der Waals surface area (Å²) in [5.41, 5.74) is 2.41. The Bertz CT molecular complexity index is 525. The molecule has 2 rings (SSSR count). The molecule has 0 aliphatic heterocycles. The second kappa shape index (κ2) is 5.19. The molecule has 0 amide bonds. The highest BCUT2D eigenvalue weighted by Gasteiger charge is 2.01. The normalized spacial score (nSPS) is 10.3. The quantitative estimate of drug-likeness (QED) is 0.850. The fourth-order valence-corrected chi connectivity index (χ4v) is 1.75. The molecule has 0 bridgehead atoms. The molecule has 0 saturated carbocycles. The van der Waals surface area contributed by atoms with Crippen molar-refractivity contribution in [2.24, 2.45) is 0 Å². The van der Waals surface area contributed by atoms with Crippen molar-refractivity contribution >= 4 is 17.3 Å². The van der Waals surface area contributed by atoms with E-state index >= 15 is 0 Å². The molecule has 88 valence electrons. The van der Waals surface area contributed by atoms with Crippen molar-refractivity contribution < 1.29 is 4.39 Å². The average molecular weight is 250 g/mol. The molecule has 0 fully saturated rings. The second-order valence-electron chi connectivity index (χ2n) is 3.92. The van der Waals surface area contributed by atoms with Gasteiger partial charge in [0.15, 0.2) is 0 Å². The molecule has 1 N–H and O–H groups in total. The van der Waals surface area contributed by atoms with Gasteiger partial charge in [-0.3, -0.25) is 0 Å². The summed E-state index contributed by atoms with van der Waals surface area (Å²) in [6, 6.07) is 12.7. The van der Waals surface area contributed by atoms with Crippen LogP contribution in [0.3, 0.4) is 0 Å². The van der Waals surface area contributed by atoms with Gasteiger partial charge in [-0.1, -0.05) is 35.9 Å². The van der Waals surface area contributed by atoms with Crippen LogP contribution in [-0.4, -0.2) is 0 Å². The molecule has 0 saturated heterocycles. The molecule has 2 aromatic rings. The number of aryl methyl sites for hydroxylation is 1. The van der Waals surface area contributed by atoms with Gasteiger partial charge < -0.3 is 5.32 Å². The summed E-state index contributed by atoms with van der Waals surface area (Å²) in [4.78, 5) is 0. The Hall–Kier alpha value is -1.54. The van der Waals surface area contributed by atoms with Gasteiger partial charge in [0.2, 0.25) is 0 Å². The Morgan fingerprint density at radius 3 is 2.65 bits per heavy atom. The molecular formula is C14H13ClFN. The van der Waals surface area contributed by atoms with Gasteiger partial charge in [0.1, 0.15) is 5.82 Å². The van der Waals surface area contributed by atoms with E-state index < -0.39 is 0 Å². The number of hydrogen-bond acceptors (Lipinski definition) is 1. The van der Waals surface area contributed by atoms with Gasteiger partial charge in [0, 0.05) is 6.54 Å². The van der Waals surface area contributed by atoms with Crippen LogP contribution in [0.1, 0.15) is 11.1 Å². The Kier molecular flexibility index (Phi) is 3.64. The highest BCUT2D eigenvalue weighted by molar-refractivity contribution is 6.33. The summed E-state index contributed by atoms with van der Waals surface area (Å²) in [7, 11) is 0. The monoisotopic (exact) mass is 249 g/mol. The molecule has 0 heterocycles. The number of para-hydroxylation sites is 1. The van der Waals surface area contributed by atoms with Gasteiger partial charge in [-0.15, -0.1) is 0 Å². The highest BCUT2D eigenvalue weighted by Crippen LogP contribution is 2.21. The maximum absolute atomic E-state index is 13.3. The molecule has 1 nitrogen and oxygen atoms in total. The maximum Gasteiger partial charge on any atom is 0.126 e. The summed E-state index contributed by atoms with van der Waals surface area (Å²) in [5.74, 6) is -0.177. The summed E-state index contributed by atoms with van der Waals surface area (Å²) >= 11 is 6.01. The molecule has 0 atom stereocenters. The summed E-state index contributed by atoms with van der Waals surface area (Å²) in [5, 5.41) is 3.84. The smallest absolute Gasteiger partial charge is 0.126 e. The zero-order valence-electron chi connectivity index (χ0n) is 9.50. The van der Waals surface area contributed by atoms with Crippen LogP contribution >= 0.6 is 11.6 Å². The summed E-state index contributed by atoms with van der Waals surface area (Å²) in [6.07, 6.45) is 0. The van der Waals surface area contributed by atoms with Gasteiger partial charge in [-0.2, -0.15) is 0 Å². The number of benzene rings is 2. The van der Waals surface area contributed by atoms with E-state index in [0.29, 0.717) is 17.1 Å². The van der Waals surface area contributed by atoms with Crippen molar-refractivity contribution in [3.05, 3.63) is 64.4 Å². The molecule has 2 aromatic carbocycles. The molecule has 0 aromatic heterocycles. The van der Waals surface area contributed by atoms with E-state index in [-0.39, 0.29) is 5.82 Å². The maximum atomic E-state index is 13.3. The zero-order valence-corrected chi connectivity index (χ0v) is 10.3. The molecule has 0 spiro atoms. The van der Waals surface area contributed by atoms with Crippen molar-refractivity contribution in [2.75, 3.05) is 5.32 Å². The number of hydrogen-bond donors (Lipinski definition) is 1. The van der Waals surface area contributed by atoms with Crippen LogP contribution in [0.4, 0.5) is 10.1 Å². The Labute approximate surface area is 105 Å². The minimum Gasteiger partial charge on any atom is -0.380 e. The minimum absolute atomic E-state index is 0.177. The van der Waals surface area contributed by atoms with Crippen molar-refractivity contribution in [1.29, 1.82) is 0 Å². The largest absolute Gasteiger partial charge is 0.380 e. The first kappa shape index (κ1) is 11.9. The van der Waals surface area contributed by atoms with Crippen LogP contribution in [0.25, 0.3) is 0 Å². The third-order valence-electron chi connectivity index (χ3n) is 2.59. The van der Waals surface area contributed by atoms with E-state index in [4.69, 9.17) is 11.6 Å². The van der Waals surface area contributed by atoms with Crippen LogP contribution in [0, 0.1) is 12.7 Å². The Balaban J connectivity index is 2.08. The third-order valence-corrected chi connectivity index (χ3v) is 2.92. The first-order valence-electron chi connectivity index (χ1n) is 5.40. The van der Waals surface area contributed by atoms with E-state index in [1.54, 1.807) is 19.1 Å². The minimum atomic E-state index is -0.177.